The van der Waals surface area contributed by atoms with Crippen LogP contribution in [0.3, 0.4) is 0 Å². The lowest BCUT2D eigenvalue weighted by molar-refractivity contribution is 0.202. The van der Waals surface area contributed by atoms with Crippen LogP contribution in [-0.2, 0) is 9.47 Å². The van der Waals surface area contributed by atoms with E-state index in [4.69, 9.17) is 55.9 Å². The number of methoxy groups -OCH3 is 2. The van der Waals surface area contributed by atoms with Crippen LogP contribution in [0.1, 0.15) is 0 Å². The van der Waals surface area contributed by atoms with Crippen LogP contribution in [-0.4, -0.2) is 21.9 Å². The standard InChI is InChI=1S/C4H6Cl4O2S4/c1-9-3(5,6)11-13-14-12-4(7,8)10-2/h1-2H3. The van der Waals surface area contributed by atoms with Crippen molar-refractivity contribution in [3.63, 3.8) is 0 Å². The molecule has 0 aliphatic carbocycles. The fraction of sp³-hybridized carbons (Fsp3) is 1.00. The largest absolute Gasteiger partial charge is 0.341 e. The van der Waals surface area contributed by atoms with E-state index in [1.807, 2.05) is 0 Å². The maximum atomic E-state index is 5.67. The van der Waals surface area contributed by atoms with Gasteiger partial charge in [-0.3, -0.25) is 0 Å². The van der Waals surface area contributed by atoms with E-state index in [-0.39, 0.29) is 0 Å². The van der Waals surface area contributed by atoms with Crippen LogP contribution in [0, 0.1) is 0 Å². The third kappa shape index (κ3) is 8.61. The molecule has 0 N–H and O–H groups in total. The number of hydrogen-bond donors (Lipinski definition) is 0. The summed E-state index contributed by atoms with van der Waals surface area (Å²) in [6, 6.07) is 0. The Morgan fingerprint density at radius 3 is 1.29 bits per heavy atom. The molecule has 0 fully saturated rings. The van der Waals surface area contributed by atoms with Gasteiger partial charge in [0.25, 0.3) is 7.70 Å². The van der Waals surface area contributed by atoms with E-state index >= 15 is 0 Å². The number of halogens is 4. The van der Waals surface area contributed by atoms with Gasteiger partial charge in [0.1, 0.15) is 0 Å². The Kier molecular flexibility index (Phi) is 9.11. The monoisotopic (exact) mass is 354 g/mol. The van der Waals surface area contributed by atoms with Gasteiger partial charge < -0.3 is 9.47 Å². The average Bonchev–Trinajstić information content (AvgIpc) is 2.13. The molecule has 0 amide bonds. The van der Waals surface area contributed by atoms with Gasteiger partial charge in [0.2, 0.25) is 0 Å². The van der Waals surface area contributed by atoms with Crippen molar-refractivity contribution in [2.45, 2.75) is 7.70 Å². The van der Waals surface area contributed by atoms with Gasteiger partial charge in [-0.15, -0.1) is 0 Å². The topological polar surface area (TPSA) is 18.5 Å². The molecule has 0 aromatic heterocycles. The summed E-state index contributed by atoms with van der Waals surface area (Å²) in [7, 11) is 7.64. The predicted octanol–water partition coefficient (Wildman–Crippen LogP) is 5.13. The van der Waals surface area contributed by atoms with Crippen molar-refractivity contribution in [3.05, 3.63) is 0 Å². The molecule has 0 heterocycles. The molecule has 0 aromatic rings. The lowest BCUT2D eigenvalue weighted by Crippen LogP contribution is -2.07. The third-order valence-electron chi connectivity index (χ3n) is 0.765. The molecule has 0 saturated carbocycles. The van der Waals surface area contributed by atoms with E-state index in [1.54, 1.807) is 0 Å². The number of rotatable bonds is 7. The predicted molar refractivity (Wildman–Crippen MR) is 73.3 cm³/mol. The summed E-state index contributed by atoms with van der Waals surface area (Å²) in [6.07, 6.45) is 0. The minimum Gasteiger partial charge on any atom is -0.341 e. The minimum absolute atomic E-state index is 1.12. The fourth-order valence-electron chi connectivity index (χ4n) is 0.175. The molecule has 0 unspecified atom stereocenters. The molecule has 86 valence electrons. The van der Waals surface area contributed by atoms with Gasteiger partial charge in [0.05, 0.1) is 0 Å². The molecule has 0 rings (SSSR count). The summed E-state index contributed by atoms with van der Waals surface area (Å²) < 4.78 is 6.96. The van der Waals surface area contributed by atoms with Crippen LogP contribution in [0.15, 0.2) is 0 Å². The number of hydrogen-bond acceptors (Lipinski definition) is 6. The van der Waals surface area contributed by atoms with Crippen molar-refractivity contribution >= 4 is 87.6 Å². The first-order chi connectivity index (χ1) is 6.33. The van der Waals surface area contributed by atoms with Crippen molar-refractivity contribution in [1.82, 2.24) is 0 Å². The normalized spacial score (nSPS) is 13.3. The van der Waals surface area contributed by atoms with Crippen molar-refractivity contribution in [2.24, 2.45) is 0 Å². The smallest absolute Gasteiger partial charge is 0.277 e. The molecule has 0 saturated heterocycles. The molecule has 2 nitrogen and oxygen atoms in total. The maximum absolute atomic E-state index is 5.67. The van der Waals surface area contributed by atoms with Gasteiger partial charge in [0, 0.05) is 14.2 Å². The van der Waals surface area contributed by atoms with Gasteiger partial charge in [0.15, 0.2) is 0 Å². The summed E-state index contributed by atoms with van der Waals surface area (Å²) in [5.41, 5.74) is 0. The zero-order valence-electron chi connectivity index (χ0n) is 6.96. The van der Waals surface area contributed by atoms with Crippen LogP contribution >= 0.6 is 87.6 Å². The van der Waals surface area contributed by atoms with E-state index in [9.17, 15) is 0 Å². The van der Waals surface area contributed by atoms with Gasteiger partial charge in [-0.25, -0.2) is 0 Å². The van der Waals surface area contributed by atoms with Crippen LogP contribution in [0.2, 0.25) is 0 Å². The van der Waals surface area contributed by atoms with Crippen molar-refractivity contribution in [1.29, 1.82) is 0 Å². The molecule has 0 spiro atoms. The fourth-order valence-corrected chi connectivity index (χ4v) is 7.78. The lowest BCUT2D eigenvalue weighted by atomic mass is 11.5. The molecule has 0 aliphatic heterocycles. The zero-order chi connectivity index (χ0) is 11.2. The Morgan fingerprint density at radius 1 is 0.786 bits per heavy atom. The van der Waals surface area contributed by atoms with E-state index in [2.05, 4.69) is 0 Å². The molecule has 0 aliphatic rings. The highest BCUT2D eigenvalue weighted by molar-refractivity contribution is 9.26. The van der Waals surface area contributed by atoms with E-state index in [0.29, 0.717) is 0 Å². The molecule has 0 aromatic carbocycles. The Hall–Kier alpha value is 2.48. The highest BCUT2D eigenvalue weighted by Crippen LogP contribution is 2.56. The van der Waals surface area contributed by atoms with Gasteiger partial charge in [-0.05, 0) is 41.2 Å². The molecule has 0 radical (unpaired) electrons. The average molecular weight is 356 g/mol. The Bertz CT molecular complexity index is 151. The Morgan fingerprint density at radius 2 is 1.07 bits per heavy atom. The summed E-state index contributed by atoms with van der Waals surface area (Å²) >= 11 is 22.7. The van der Waals surface area contributed by atoms with E-state index < -0.39 is 7.70 Å². The minimum atomic E-state index is -1.27. The molecule has 0 atom stereocenters. The Labute approximate surface area is 118 Å². The molecule has 14 heavy (non-hydrogen) atoms. The lowest BCUT2D eigenvalue weighted by Gasteiger charge is -2.17. The van der Waals surface area contributed by atoms with E-state index in [1.165, 1.54) is 33.9 Å². The van der Waals surface area contributed by atoms with Gasteiger partial charge >= 0.3 is 0 Å². The van der Waals surface area contributed by atoms with Gasteiger partial charge in [-0.2, -0.15) is 0 Å². The number of alkyl halides is 4. The quantitative estimate of drug-likeness (QED) is 0.270. The summed E-state index contributed by atoms with van der Waals surface area (Å²) in [5, 5.41) is 0. The second kappa shape index (κ2) is 7.74. The van der Waals surface area contributed by atoms with Crippen LogP contribution in [0.25, 0.3) is 0 Å². The highest BCUT2D eigenvalue weighted by Gasteiger charge is 2.28. The second-order valence-electron chi connectivity index (χ2n) is 1.64. The molecular formula is C4H6Cl4O2S4. The summed E-state index contributed by atoms with van der Waals surface area (Å²) in [6.45, 7) is 0. The van der Waals surface area contributed by atoms with Crippen LogP contribution < -0.4 is 0 Å². The summed E-state index contributed by atoms with van der Waals surface area (Å²) in [5.74, 6) is 0. The molecule has 0 bridgehead atoms. The van der Waals surface area contributed by atoms with Crippen molar-refractivity contribution in [3.8, 4) is 0 Å². The van der Waals surface area contributed by atoms with Crippen molar-refractivity contribution in [2.75, 3.05) is 14.2 Å². The van der Waals surface area contributed by atoms with Gasteiger partial charge in [-0.1, -0.05) is 46.4 Å². The highest BCUT2D eigenvalue weighted by atomic mass is 35.5. The molecule has 10 heteroatoms. The SMILES string of the molecule is COC(Cl)(Cl)SSSSC(Cl)(Cl)OC. The third-order valence-corrected chi connectivity index (χ3v) is 9.53. The maximum Gasteiger partial charge on any atom is 0.277 e. The first-order valence-electron chi connectivity index (χ1n) is 2.89. The zero-order valence-corrected chi connectivity index (χ0v) is 13.3. The van der Waals surface area contributed by atoms with Crippen LogP contribution in [0.5, 0.6) is 0 Å². The second-order valence-corrected chi connectivity index (χ2v) is 11.1. The van der Waals surface area contributed by atoms with E-state index in [0.717, 1.165) is 21.6 Å². The number of ether oxygens (including phenoxy) is 2. The van der Waals surface area contributed by atoms with Crippen molar-refractivity contribution < 1.29 is 9.47 Å². The first-order valence-corrected chi connectivity index (χ1v) is 9.22. The summed E-state index contributed by atoms with van der Waals surface area (Å²) in [4.78, 5) is 0. The molecular weight excluding hydrogens is 350 g/mol. The van der Waals surface area contributed by atoms with Crippen LogP contribution in [0.4, 0.5) is 0 Å². The Balaban J connectivity index is 3.57. The first kappa shape index (κ1) is 16.5.